The van der Waals surface area contributed by atoms with E-state index < -0.39 is 14.4 Å². The number of aliphatic hydroxyl groups excluding tert-OH is 1. The molecule has 2 aliphatic rings. The van der Waals surface area contributed by atoms with Crippen LogP contribution < -0.4 is 5.32 Å². The molecule has 5 atom stereocenters. The van der Waals surface area contributed by atoms with E-state index in [1.54, 1.807) is 18.5 Å². The van der Waals surface area contributed by atoms with Crippen molar-refractivity contribution in [1.82, 2.24) is 19.5 Å². The number of hydrogen-bond donors (Lipinski definition) is 2. The van der Waals surface area contributed by atoms with Crippen LogP contribution >= 0.6 is 0 Å². The molecule has 0 aliphatic heterocycles. The molecule has 3 aromatic rings. The van der Waals surface area contributed by atoms with Crippen LogP contribution in [0.3, 0.4) is 0 Å². The molecule has 2 heterocycles. The third kappa shape index (κ3) is 3.71. The van der Waals surface area contributed by atoms with E-state index in [2.05, 4.69) is 65.6 Å². The molecule has 2 unspecified atom stereocenters. The molecular weight excluding hydrogens is 458 g/mol. The van der Waals surface area contributed by atoms with E-state index in [0.29, 0.717) is 28.5 Å². The van der Waals surface area contributed by atoms with Crippen molar-refractivity contribution in [2.45, 2.75) is 76.4 Å². The molecule has 35 heavy (non-hydrogen) atoms. The lowest BCUT2D eigenvalue weighted by molar-refractivity contribution is -0.00994. The van der Waals surface area contributed by atoms with Gasteiger partial charge in [0, 0.05) is 5.56 Å². The SMILES string of the molecule is CC[C@@H]1[C@@H](O)C(O[Si](C)(C)C(C)(C)C)C2(n3cnc4c(NC(=O)c5ccccc5)ncnc43)C[C@@H]12. The number of hydrogen-bond acceptors (Lipinski definition) is 6. The Morgan fingerprint density at radius 2 is 1.94 bits per heavy atom. The van der Waals surface area contributed by atoms with Crippen LogP contribution in [0.4, 0.5) is 5.82 Å². The summed E-state index contributed by atoms with van der Waals surface area (Å²) in [5.41, 5.74) is 1.35. The maximum absolute atomic E-state index is 12.8. The maximum atomic E-state index is 12.8. The van der Waals surface area contributed by atoms with Crippen LogP contribution in [-0.2, 0) is 9.96 Å². The van der Waals surface area contributed by atoms with Gasteiger partial charge >= 0.3 is 0 Å². The summed E-state index contributed by atoms with van der Waals surface area (Å²) < 4.78 is 9.00. The second-order valence-corrected chi connectivity index (χ2v) is 16.2. The Labute approximate surface area is 207 Å². The van der Waals surface area contributed by atoms with Crippen molar-refractivity contribution in [3.63, 3.8) is 0 Å². The van der Waals surface area contributed by atoms with Crippen LogP contribution in [0.15, 0.2) is 43.0 Å². The van der Waals surface area contributed by atoms with Crippen LogP contribution in [0, 0.1) is 11.8 Å². The average Bonchev–Trinajstić information content (AvgIpc) is 3.29. The van der Waals surface area contributed by atoms with Gasteiger partial charge in [0.15, 0.2) is 25.3 Å². The molecule has 2 N–H and O–H groups in total. The highest BCUT2D eigenvalue weighted by Gasteiger charge is 2.73. The minimum absolute atomic E-state index is 0.0245. The van der Waals surface area contributed by atoms with Crippen molar-refractivity contribution in [3.05, 3.63) is 48.5 Å². The van der Waals surface area contributed by atoms with Gasteiger partial charge in [-0.2, -0.15) is 0 Å². The highest BCUT2D eigenvalue weighted by Crippen LogP contribution is 2.67. The molecule has 2 aliphatic carbocycles. The Hall–Kier alpha value is -2.62. The molecule has 0 radical (unpaired) electrons. The second-order valence-electron chi connectivity index (χ2n) is 11.5. The zero-order valence-electron chi connectivity index (χ0n) is 21.3. The number of aliphatic hydroxyl groups is 1. The standard InChI is InChI=1S/C26H35N5O3Si/c1-7-17-18-13-26(18,21(20(17)32)34-35(5,6)25(2,3)4)31-15-29-19-22(27-14-28-23(19)31)30-24(33)16-11-9-8-10-12-16/h8-12,14-15,17-18,20-21,32H,7,13H2,1-6H3,(H,27,28,30,33)/t17-,18-,20+,21?,26?/m0/s1. The lowest BCUT2D eigenvalue weighted by Crippen LogP contribution is -2.51. The number of carbonyl (C=O) groups is 1. The van der Waals surface area contributed by atoms with Gasteiger partial charge in [-0.1, -0.05) is 52.3 Å². The van der Waals surface area contributed by atoms with E-state index in [9.17, 15) is 9.90 Å². The van der Waals surface area contributed by atoms with E-state index in [0.717, 1.165) is 12.8 Å². The molecule has 0 saturated heterocycles. The van der Waals surface area contributed by atoms with Gasteiger partial charge in [0.2, 0.25) is 0 Å². The van der Waals surface area contributed by atoms with Crippen LogP contribution in [0.25, 0.3) is 11.2 Å². The molecule has 1 amide bonds. The normalized spacial score (nSPS) is 28.2. The Morgan fingerprint density at radius 1 is 1.23 bits per heavy atom. The first-order valence-corrected chi connectivity index (χ1v) is 15.3. The molecule has 186 valence electrons. The fraction of sp³-hybridized carbons (Fsp3) is 0.538. The summed E-state index contributed by atoms with van der Waals surface area (Å²) in [5.74, 6) is 0.598. The molecular formula is C26H35N5O3Si. The van der Waals surface area contributed by atoms with Crippen LogP contribution in [0.5, 0.6) is 0 Å². The molecule has 2 saturated carbocycles. The van der Waals surface area contributed by atoms with Crippen molar-refractivity contribution in [2.75, 3.05) is 5.32 Å². The fourth-order valence-electron chi connectivity index (χ4n) is 5.51. The molecule has 0 bridgehead atoms. The van der Waals surface area contributed by atoms with Gasteiger partial charge in [0.25, 0.3) is 5.91 Å². The summed E-state index contributed by atoms with van der Waals surface area (Å²) in [6.07, 6.45) is 4.19. The second kappa shape index (κ2) is 8.21. The van der Waals surface area contributed by atoms with Crippen molar-refractivity contribution >= 4 is 31.2 Å². The van der Waals surface area contributed by atoms with Gasteiger partial charge in [-0.3, -0.25) is 4.79 Å². The lowest BCUT2D eigenvalue weighted by atomic mass is 9.97. The number of rotatable bonds is 6. The number of amides is 1. The van der Waals surface area contributed by atoms with Gasteiger partial charge in [0.05, 0.1) is 24.1 Å². The Bertz CT molecular complexity index is 1250. The highest BCUT2D eigenvalue weighted by atomic mass is 28.4. The predicted octanol–water partition coefficient (Wildman–Crippen LogP) is 4.58. The fourth-order valence-corrected chi connectivity index (χ4v) is 6.84. The van der Waals surface area contributed by atoms with E-state index in [4.69, 9.17) is 4.43 Å². The minimum Gasteiger partial charge on any atom is -0.409 e. The number of anilines is 1. The Morgan fingerprint density at radius 3 is 2.60 bits per heavy atom. The average molecular weight is 494 g/mol. The zero-order valence-corrected chi connectivity index (χ0v) is 22.3. The van der Waals surface area contributed by atoms with E-state index in [-0.39, 0.29) is 28.5 Å². The Kier molecular flexibility index (Phi) is 5.65. The van der Waals surface area contributed by atoms with E-state index in [1.165, 1.54) is 6.33 Å². The van der Waals surface area contributed by atoms with Gasteiger partial charge in [-0.05, 0) is 48.5 Å². The molecule has 9 heteroatoms. The lowest BCUT2D eigenvalue weighted by Gasteiger charge is -2.42. The predicted molar refractivity (Wildman–Crippen MR) is 138 cm³/mol. The molecule has 8 nitrogen and oxygen atoms in total. The molecule has 2 fully saturated rings. The largest absolute Gasteiger partial charge is 0.409 e. The number of carbonyl (C=O) groups excluding carboxylic acids is 1. The number of nitrogens with zero attached hydrogens (tertiary/aromatic N) is 4. The first kappa shape index (κ1) is 24.1. The zero-order chi connectivity index (χ0) is 25.2. The summed E-state index contributed by atoms with van der Waals surface area (Å²) >= 11 is 0. The number of aromatic nitrogens is 4. The molecule has 2 aromatic heterocycles. The third-order valence-electron chi connectivity index (χ3n) is 8.54. The maximum Gasteiger partial charge on any atom is 0.256 e. The van der Waals surface area contributed by atoms with Crippen LogP contribution in [-0.4, -0.2) is 51.1 Å². The molecule has 0 spiro atoms. The van der Waals surface area contributed by atoms with Gasteiger partial charge in [0.1, 0.15) is 6.33 Å². The van der Waals surface area contributed by atoms with Crippen molar-refractivity contribution in [2.24, 2.45) is 11.8 Å². The number of benzene rings is 1. The quantitative estimate of drug-likeness (QED) is 0.487. The number of nitrogens with one attached hydrogen (secondary N) is 1. The van der Waals surface area contributed by atoms with Crippen molar-refractivity contribution < 1.29 is 14.3 Å². The van der Waals surface area contributed by atoms with E-state index in [1.807, 2.05) is 18.2 Å². The summed E-state index contributed by atoms with van der Waals surface area (Å²) in [5, 5.41) is 14.3. The smallest absolute Gasteiger partial charge is 0.256 e. The highest BCUT2D eigenvalue weighted by molar-refractivity contribution is 6.74. The van der Waals surface area contributed by atoms with Crippen molar-refractivity contribution in [3.8, 4) is 0 Å². The number of fused-ring (bicyclic) bond motifs is 2. The third-order valence-corrected chi connectivity index (χ3v) is 13.0. The first-order chi connectivity index (χ1) is 16.5. The summed E-state index contributed by atoms with van der Waals surface area (Å²) in [6, 6.07) is 9.03. The molecule has 5 rings (SSSR count). The summed E-state index contributed by atoms with van der Waals surface area (Å²) in [4.78, 5) is 26.3. The van der Waals surface area contributed by atoms with E-state index >= 15 is 0 Å². The monoisotopic (exact) mass is 493 g/mol. The van der Waals surface area contributed by atoms with Gasteiger partial charge in [-0.25, -0.2) is 15.0 Å². The van der Waals surface area contributed by atoms with Crippen LogP contribution in [0.2, 0.25) is 18.1 Å². The van der Waals surface area contributed by atoms with Crippen LogP contribution in [0.1, 0.15) is 50.9 Å². The van der Waals surface area contributed by atoms with Gasteiger partial charge in [-0.15, -0.1) is 0 Å². The topological polar surface area (TPSA) is 102 Å². The minimum atomic E-state index is -2.15. The Balaban J connectivity index is 1.53. The first-order valence-electron chi connectivity index (χ1n) is 12.4. The van der Waals surface area contributed by atoms with Gasteiger partial charge < -0.3 is 19.4 Å². The van der Waals surface area contributed by atoms with Crippen molar-refractivity contribution in [1.29, 1.82) is 0 Å². The summed E-state index contributed by atoms with van der Waals surface area (Å²) in [7, 11) is -2.15. The number of imidazole rings is 1. The summed E-state index contributed by atoms with van der Waals surface area (Å²) in [6.45, 7) is 13.3. The molecule has 1 aromatic carbocycles.